The Bertz CT molecular complexity index is 566. The first-order valence-corrected chi connectivity index (χ1v) is 6.67. The molecule has 0 spiro atoms. The van der Waals surface area contributed by atoms with Crippen molar-refractivity contribution in [1.82, 2.24) is 4.90 Å². The van der Waals surface area contributed by atoms with E-state index >= 15 is 0 Å². The van der Waals surface area contributed by atoms with E-state index < -0.39 is 24.1 Å². The Hall–Kier alpha value is -1.97. The lowest BCUT2D eigenvalue weighted by Crippen LogP contribution is -2.33. The van der Waals surface area contributed by atoms with Crippen molar-refractivity contribution in [3.63, 3.8) is 0 Å². The molecule has 0 atom stereocenters. The Morgan fingerprint density at radius 3 is 2.59 bits per heavy atom. The van der Waals surface area contributed by atoms with Gasteiger partial charge in [-0.05, 0) is 18.2 Å². The van der Waals surface area contributed by atoms with Gasteiger partial charge in [-0.1, -0.05) is 15.9 Å². The zero-order valence-electron chi connectivity index (χ0n) is 11.3. The molecule has 10 heteroatoms. The molecular weight excluding hydrogens is 373 g/mol. The van der Waals surface area contributed by atoms with Gasteiger partial charge in [0.25, 0.3) is 0 Å². The first-order valence-electron chi connectivity index (χ1n) is 5.87. The molecular formula is C12H12BrF3N2O4. The van der Waals surface area contributed by atoms with E-state index in [1.54, 1.807) is 0 Å². The molecule has 0 aliphatic carbocycles. The fraction of sp³-hybridized carbons (Fsp3) is 0.333. The molecule has 0 unspecified atom stereocenters. The number of hydrogen-bond donors (Lipinski definition) is 2. The first-order chi connectivity index (χ1) is 10.1. The fourth-order valence-electron chi connectivity index (χ4n) is 1.38. The monoisotopic (exact) mass is 384 g/mol. The Morgan fingerprint density at radius 1 is 1.41 bits per heavy atom. The number of urea groups is 1. The van der Waals surface area contributed by atoms with Gasteiger partial charge in [-0.2, -0.15) is 0 Å². The van der Waals surface area contributed by atoms with Crippen molar-refractivity contribution in [2.75, 3.05) is 18.9 Å². The van der Waals surface area contributed by atoms with Crippen LogP contribution in [0.5, 0.6) is 5.75 Å². The van der Waals surface area contributed by atoms with E-state index in [1.807, 2.05) is 0 Å². The third-order valence-electron chi connectivity index (χ3n) is 2.42. The summed E-state index contributed by atoms with van der Waals surface area (Å²) in [5.41, 5.74) is -0.187. The number of nitrogens with zero attached hydrogens (tertiary/aromatic N) is 1. The Morgan fingerprint density at radius 2 is 2.05 bits per heavy atom. The molecule has 1 rings (SSSR count). The van der Waals surface area contributed by atoms with Gasteiger partial charge in [0.05, 0.1) is 12.1 Å². The lowest BCUT2D eigenvalue weighted by atomic mass is 10.3. The van der Waals surface area contributed by atoms with Crippen LogP contribution in [0.25, 0.3) is 0 Å². The van der Waals surface area contributed by atoms with Gasteiger partial charge < -0.3 is 20.1 Å². The molecule has 0 heterocycles. The van der Waals surface area contributed by atoms with Crippen LogP contribution in [0.2, 0.25) is 0 Å². The van der Waals surface area contributed by atoms with Crippen molar-refractivity contribution < 1.29 is 32.6 Å². The Kier molecular flexibility index (Phi) is 6.03. The van der Waals surface area contributed by atoms with Gasteiger partial charge in [0, 0.05) is 18.1 Å². The molecule has 0 fully saturated rings. The number of carboxylic acid groups (broad SMARTS) is 1. The van der Waals surface area contributed by atoms with E-state index in [4.69, 9.17) is 5.11 Å². The number of aliphatic carboxylic acids is 1. The summed E-state index contributed by atoms with van der Waals surface area (Å²) in [5, 5.41) is 10.8. The second-order valence-electron chi connectivity index (χ2n) is 4.18. The van der Waals surface area contributed by atoms with Crippen LogP contribution in [0.15, 0.2) is 22.7 Å². The molecule has 122 valence electrons. The Balaban J connectivity index is 2.83. The van der Waals surface area contributed by atoms with Crippen molar-refractivity contribution in [3.05, 3.63) is 22.7 Å². The van der Waals surface area contributed by atoms with Crippen LogP contribution in [0, 0.1) is 0 Å². The van der Waals surface area contributed by atoms with Crippen molar-refractivity contribution in [1.29, 1.82) is 0 Å². The van der Waals surface area contributed by atoms with Crippen molar-refractivity contribution in [2.24, 2.45) is 0 Å². The van der Waals surface area contributed by atoms with Crippen LogP contribution in [-0.2, 0) is 4.79 Å². The van der Waals surface area contributed by atoms with Crippen LogP contribution >= 0.6 is 15.9 Å². The predicted molar refractivity (Wildman–Crippen MR) is 74.7 cm³/mol. The molecule has 1 aromatic rings. The Labute approximate surface area is 132 Å². The standard InChI is InChI=1S/C12H12BrF3N2O4/c1-18(5-4-10(19)20)11(21)17-8-3-2-7(13)6-9(8)22-12(14,15)16/h2-3,6H,4-5H2,1H3,(H,17,21)(H,19,20). The van der Waals surface area contributed by atoms with Crippen LogP contribution in [-0.4, -0.2) is 42.0 Å². The third-order valence-corrected chi connectivity index (χ3v) is 2.91. The minimum absolute atomic E-state index is 0.0901. The molecule has 2 N–H and O–H groups in total. The van der Waals surface area contributed by atoms with Crippen LogP contribution in [0.4, 0.5) is 23.7 Å². The molecule has 0 saturated carbocycles. The molecule has 0 aliphatic rings. The number of halogens is 4. The number of carbonyl (C=O) groups excluding carboxylic acids is 1. The minimum Gasteiger partial charge on any atom is -0.481 e. The summed E-state index contributed by atoms with van der Waals surface area (Å²) in [4.78, 5) is 23.3. The topological polar surface area (TPSA) is 78.9 Å². The highest BCUT2D eigenvalue weighted by atomic mass is 79.9. The molecule has 0 bridgehead atoms. The smallest absolute Gasteiger partial charge is 0.481 e. The second-order valence-corrected chi connectivity index (χ2v) is 5.10. The van der Waals surface area contributed by atoms with E-state index in [1.165, 1.54) is 19.2 Å². The molecule has 1 aromatic carbocycles. The highest BCUT2D eigenvalue weighted by Crippen LogP contribution is 2.33. The molecule has 0 saturated heterocycles. The zero-order valence-corrected chi connectivity index (χ0v) is 12.9. The van der Waals surface area contributed by atoms with Gasteiger partial charge in [0.15, 0.2) is 5.75 Å². The lowest BCUT2D eigenvalue weighted by molar-refractivity contribution is -0.274. The van der Waals surface area contributed by atoms with E-state index in [9.17, 15) is 22.8 Å². The largest absolute Gasteiger partial charge is 0.573 e. The second kappa shape index (κ2) is 7.34. The van der Waals surface area contributed by atoms with E-state index in [0.29, 0.717) is 4.47 Å². The quantitative estimate of drug-likeness (QED) is 0.816. The van der Waals surface area contributed by atoms with E-state index in [0.717, 1.165) is 11.0 Å². The molecule has 6 nitrogen and oxygen atoms in total. The number of amides is 2. The summed E-state index contributed by atoms with van der Waals surface area (Å²) in [7, 11) is 1.32. The highest BCUT2D eigenvalue weighted by molar-refractivity contribution is 9.10. The van der Waals surface area contributed by atoms with Gasteiger partial charge in [0.1, 0.15) is 0 Å². The molecule has 22 heavy (non-hydrogen) atoms. The summed E-state index contributed by atoms with van der Waals surface area (Å²) >= 11 is 3.00. The van der Waals surface area contributed by atoms with Gasteiger partial charge in [-0.15, -0.1) is 13.2 Å². The summed E-state index contributed by atoms with van der Waals surface area (Å²) in [6, 6.07) is 2.96. The third kappa shape index (κ3) is 6.20. The molecule has 0 aromatic heterocycles. The van der Waals surface area contributed by atoms with Gasteiger partial charge in [0.2, 0.25) is 0 Å². The number of ether oxygens (including phenoxy) is 1. The number of rotatable bonds is 5. The van der Waals surface area contributed by atoms with Crippen molar-refractivity contribution in [3.8, 4) is 5.75 Å². The van der Waals surface area contributed by atoms with Crippen LogP contribution in [0.1, 0.15) is 6.42 Å². The number of alkyl halides is 3. The fourth-order valence-corrected chi connectivity index (χ4v) is 1.72. The maximum Gasteiger partial charge on any atom is 0.573 e. The van der Waals surface area contributed by atoms with Crippen LogP contribution in [0.3, 0.4) is 0 Å². The maximum absolute atomic E-state index is 12.3. The average molecular weight is 385 g/mol. The summed E-state index contributed by atoms with van der Waals surface area (Å²) in [6.45, 7) is -0.0901. The van der Waals surface area contributed by atoms with E-state index in [2.05, 4.69) is 26.0 Å². The lowest BCUT2D eigenvalue weighted by Gasteiger charge is -2.19. The first kappa shape index (κ1) is 18.1. The van der Waals surface area contributed by atoms with Gasteiger partial charge in [-0.25, -0.2) is 4.79 Å². The number of carbonyl (C=O) groups is 2. The van der Waals surface area contributed by atoms with Gasteiger partial charge in [-0.3, -0.25) is 4.79 Å². The number of hydrogen-bond acceptors (Lipinski definition) is 3. The highest BCUT2D eigenvalue weighted by Gasteiger charge is 2.32. The minimum atomic E-state index is -4.91. The number of benzene rings is 1. The predicted octanol–water partition coefficient (Wildman–Crippen LogP) is 3.29. The van der Waals surface area contributed by atoms with Gasteiger partial charge >= 0.3 is 18.4 Å². The van der Waals surface area contributed by atoms with Crippen molar-refractivity contribution in [2.45, 2.75) is 12.8 Å². The zero-order chi connectivity index (χ0) is 16.9. The molecule has 2 amide bonds. The summed E-state index contributed by atoms with van der Waals surface area (Å²) in [6.07, 6.45) is -5.19. The van der Waals surface area contributed by atoms with Crippen molar-refractivity contribution >= 4 is 33.6 Å². The SMILES string of the molecule is CN(CCC(=O)O)C(=O)Nc1ccc(Br)cc1OC(F)(F)F. The summed E-state index contributed by atoms with van der Waals surface area (Å²) < 4.78 is 41.2. The number of anilines is 1. The maximum atomic E-state index is 12.3. The normalized spacial score (nSPS) is 11.0. The molecule has 0 aliphatic heterocycles. The number of carboxylic acids is 1. The molecule has 0 radical (unpaired) electrons. The van der Waals surface area contributed by atoms with E-state index in [-0.39, 0.29) is 18.7 Å². The number of nitrogens with one attached hydrogen (secondary N) is 1. The summed E-state index contributed by atoms with van der Waals surface area (Å²) in [5.74, 6) is -1.67. The van der Waals surface area contributed by atoms with Crippen LogP contribution < -0.4 is 10.1 Å². The average Bonchev–Trinajstić information content (AvgIpc) is 2.37.